The number of hydrogen-bond acceptors (Lipinski definition) is 5. The third-order valence-corrected chi connectivity index (χ3v) is 5.69. The molecule has 3 N–H and O–H groups in total. The summed E-state index contributed by atoms with van der Waals surface area (Å²) in [5, 5.41) is 11.3. The highest BCUT2D eigenvalue weighted by Gasteiger charge is 2.59. The SMILES string of the molecule is Nc1c(C2CCN(C(C(F)(F)F)C(F)(F)F)CC2)nn2c1CCc1cc(F)cnc1-2.O=CO. The number of aromatic nitrogens is 3. The van der Waals surface area contributed by atoms with Gasteiger partial charge >= 0.3 is 12.4 Å². The molecular formula is C19H20F7N5O2. The zero-order chi connectivity index (χ0) is 24.6. The molecule has 0 spiro atoms. The van der Waals surface area contributed by atoms with E-state index in [1.54, 1.807) is 0 Å². The quantitative estimate of drug-likeness (QED) is 0.502. The fourth-order valence-corrected chi connectivity index (χ4v) is 4.33. The molecule has 0 saturated carbocycles. The zero-order valence-corrected chi connectivity index (χ0v) is 17.0. The Morgan fingerprint density at radius 2 is 1.70 bits per heavy atom. The molecule has 1 saturated heterocycles. The van der Waals surface area contributed by atoms with Gasteiger partial charge in [-0.25, -0.2) is 14.1 Å². The molecule has 0 radical (unpaired) electrons. The van der Waals surface area contributed by atoms with Gasteiger partial charge < -0.3 is 10.8 Å². The number of likely N-dealkylation sites (tertiary alicyclic amines) is 1. The van der Waals surface area contributed by atoms with Gasteiger partial charge in [0.2, 0.25) is 6.04 Å². The van der Waals surface area contributed by atoms with Crippen molar-refractivity contribution in [1.82, 2.24) is 19.7 Å². The molecule has 2 aliphatic rings. The fraction of sp³-hybridized carbons (Fsp3) is 0.526. The normalized spacial score (nSPS) is 17.2. The van der Waals surface area contributed by atoms with Gasteiger partial charge in [-0.1, -0.05) is 0 Å². The van der Waals surface area contributed by atoms with Crippen LogP contribution in [0.15, 0.2) is 12.3 Å². The van der Waals surface area contributed by atoms with Gasteiger partial charge in [0, 0.05) is 11.5 Å². The van der Waals surface area contributed by atoms with Gasteiger partial charge in [0.25, 0.3) is 6.47 Å². The number of piperidine rings is 1. The summed E-state index contributed by atoms with van der Waals surface area (Å²) in [6, 6.07) is -2.13. The van der Waals surface area contributed by atoms with E-state index in [1.165, 1.54) is 10.7 Å². The summed E-state index contributed by atoms with van der Waals surface area (Å²) in [5.74, 6) is -0.415. The van der Waals surface area contributed by atoms with Crippen LogP contribution in [0.3, 0.4) is 0 Å². The predicted molar refractivity (Wildman–Crippen MR) is 101 cm³/mol. The highest BCUT2D eigenvalue weighted by Crippen LogP contribution is 2.41. The Balaban J connectivity index is 0.000000968. The van der Waals surface area contributed by atoms with E-state index in [4.69, 9.17) is 15.6 Å². The molecule has 0 amide bonds. The van der Waals surface area contributed by atoms with Gasteiger partial charge in [-0.3, -0.25) is 9.69 Å². The molecule has 2 aliphatic heterocycles. The average Bonchev–Trinajstić information content (AvgIpc) is 3.03. The molecule has 0 atom stereocenters. The predicted octanol–water partition coefficient (Wildman–Crippen LogP) is 3.46. The van der Waals surface area contributed by atoms with Crippen molar-refractivity contribution < 1.29 is 40.6 Å². The van der Waals surface area contributed by atoms with Crippen LogP contribution in [0.2, 0.25) is 0 Å². The van der Waals surface area contributed by atoms with Crippen LogP contribution in [0.25, 0.3) is 5.82 Å². The summed E-state index contributed by atoms with van der Waals surface area (Å²) in [6.07, 6.45) is -8.63. The van der Waals surface area contributed by atoms with Crippen molar-refractivity contribution in [3.8, 4) is 5.82 Å². The van der Waals surface area contributed by atoms with Crippen molar-refractivity contribution in [1.29, 1.82) is 0 Å². The molecule has 1 fully saturated rings. The van der Waals surface area contributed by atoms with Crippen LogP contribution >= 0.6 is 0 Å². The Morgan fingerprint density at radius 1 is 1.12 bits per heavy atom. The fourth-order valence-electron chi connectivity index (χ4n) is 4.33. The van der Waals surface area contributed by atoms with Crippen LogP contribution < -0.4 is 5.73 Å². The third-order valence-electron chi connectivity index (χ3n) is 5.69. The van der Waals surface area contributed by atoms with Gasteiger partial charge in [0.1, 0.15) is 5.82 Å². The van der Waals surface area contributed by atoms with E-state index < -0.39 is 24.2 Å². The van der Waals surface area contributed by atoms with Crippen molar-refractivity contribution >= 4 is 12.2 Å². The molecule has 14 heteroatoms. The number of pyridine rings is 1. The Bertz CT molecular complexity index is 984. The van der Waals surface area contributed by atoms with Crippen LogP contribution in [0, 0.1) is 5.82 Å². The first kappa shape index (κ1) is 24.7. The first-order chi connectivity index (χ1) is 15.4. The van der Waals surface area contributed by atoms with Crippen molar-refractivity contribution in [2.45, 2.75) is 50.0 Å². The summed E-state index contributed by atoms with van der Waals surface area (Å²) in [5.41, 5.74) is 8.35. The molecule has 0 unspecified atom stereocenters. The standard InChI is InChI=1S/C18H18F7N5.CH2O2/c19-11-7-10-1-2-12-13(26)14(28-30(12)15(10)27-8-11)9-3-5-29(6-4-9)16(17(20,21)22)18(23,24)25;2-1-3/h7-9,16H,1-6,26H2;1H,(H,2,3). The number of hydrogen-bond donors (Lipinski definition) is 2. The average molecular weight is 483 g/mol. The molecule has 0 aromatic carbocycles. The Morgan fingerprint density at radius 3 is 2.24 bits per heavy atom. The summed E-state index contributed by atoms with van der Waals surface area (Å²) in [7, 11) is 0. The highest BCUT2D eigenvalue weighted by atomic mass is 19.4. The topological polar surface area (TPSA) is 97.3 Å². The molecule has 0 bridgehead atoms. The molecule has 33 heavy (non-hydrogen) atoms. The maximum absolute atomic E-state index is 13.4. The van der Waals surface area contributed by atoms with E-state index >= 15 is 0 Å². The maximum Gasteiger partial charge on any atom is 0.412 e. The maximum atomic E-state index is 13.4. The minimum absolute atomic E-state index is 0.0625. The number of anilines is 1. The van der Waals surface area contributed by atoms with Crippen molar-refractivity contribution in [3.05, 3.63) is 35.0 Å². The summed E-state index contributed by atoms with van der Waals surface area (Å²) in [4.78, 5) is 12.8. The second kappa shape index (κ2) is 9.15. The molecule has 2 aromatic heterocycles. The number of carbonyl (C=O) groups is 1. The molecule has 0 aliphatic carbocycles. The Hall–Kier alpha value is -2.90. The number of aryl methyl sites for hydroxylation is 1. The van der Waals surface area contributed by atoms with Gasteiger partial charge in [-0.2, -0.15) is 31.4 Å². The van der Waals surface area contributed by atoms with Gasteiger partial charge in [-0.05, 0) is 44.8 Å². The van der Waals surface area contributed by atoms with Gasteiger partial charge in [0.05, 0.1) is 23.3 Å². The summed E-state index contributed by atoms with van der Waals surface area (Å²) in [6.45, 7) is -1.01. The monoisotopic (exact) mass is 483 g/mol. The van der Waals surface area contributed by atoms with Crippen LogP contribution in [0.5, 0.6) is 0 Å². The first-order valence-corrected chi connectivity index (χ1v) is 9.85. The smallest absolute Gasteiger partial charge is 0.412 e. The lowest BCUT2D eigenvalue weighted by Crippen LogP contribution is -2.56. The second-order valence-corrected chi connectivity index (χ2v) is 7.70. The van der Waals surface area contributed by atoms with Crippen LogP contribution in [-0.4, -0.2) is 62.7 Å². The summed E-state index contributed by atoms with van der Waals surface area (Å²) < 4.78 is 92.8. The molecule has 182 valence electrons. The van der Waals surface area contributed by atoms with Crippen molar-refractivity contribution in [2.24, 2.45) is 0 Å². The zero-order valence-electron chi connectivity index (χ0n) is 17.0. The number of alkyl halides is 6. The largest absolute Gasteiger partial charge is 0.483 e. The second-order valence-electron chi connectivity index (χ2n) is 7.70. The number of nitrogen functional groups attached to an aromatic ring is 1. The van der Waals surface area contributed by atoms with E-state index in [2.05, 4.69) is 10.1 Å². The van der Waals surface area contributed by atoms with E-state index in [1.807, 2.05) is 0 Å². The lowest BCUT2D eigenvalue weighted by atomic mass is 9.91. The summed E-state index contributed by atoms with van der Waals surface area (Å²) >= 11 is 0. The number of fused-ring (bicyclic) bond motifs is 3. The number of rotatable bonds is 2. The van der Waals surface area contributed by atoms with Crippen molar-refractivity contribution in [2.75, 3.05) is 18.8 Å². The van der Waals surface area contributed by atoms with E-state index in [0.717, 1.165) is 6.20 Å². The van der Waals surface area contributed by atoms with Crippen LogP contribution in [0.4, 0.5) is 36.4 Å². The van der Waals surface area contributed by atoms with Gasteiger partial charge in [0.15, 0.2) is 5.82 Å². The number of nitrogens with two attached hydrogens (primary N) is 1. The minimum Gasteiger partial charge on any atom is -0.483 e. The Kier molecular flexibility index (Phi) is 6.86. The molecule has 2 aromatic rings. The Labute approximate surface area is 183 Å². The lowest BCUT2D eigenvalue weighted by molar-refractivity contribution is -0.289. The molecular weight excluding hydrogens is 463 g/mol. The minimum atomic E-state index is -5.40. The van der Waals surface area contributed by atoms with Crippen LogP contribution in [0.1, 0.15) is 35.7 Å². The number of nitrogens with zero attached hydrogens (tertiary/aromatic N) is 4. The van der Waals surface area contributed by atoms with E-state index in [9.17, 15) is 30.7 Å². The molecule has 4 heterocycles. The number of carboxylic acid groups (broad SMARTS) is 1. The van der Waals surface area contributed by atoms with Gasteiger partial charge in [-0.15, -0.1) is 0 Å². The van der Waals surface area contributed by atoms with Crippen LogP contribution in [-0.2, 0) is 17.6 Å². The molecule has 7 nitrogen and oxygen atoms in total. The van der Waals surface area contributed by atoms with Crippen molar-refractivity contribution in [3.63, 3.8) is 0 Å². The van der Waals surface area contributed by atoms with E-state index in [-0.39, 0.29) is 38.3 Å². The lowest BCUT2D eigenvalue weighted by Gasteiger charge is -2.38. The van der Waals surface area contributed by atoms with E-state index in [0.29, 0.717) is 46.2 Å². The highest BCUT2D eigenvalue weighted by molar-refractivity contribution is 5.55. The molecule has 4 rings (SSSR count). The number of halogens is 7. The third kappa shape index (κ3) is 5.04. The first-order valence-electron chi connectivity index (χ1n) is 9.85.